The van der Waals surface area contributed by atoms with Gasteiger partial charge >= 0.3 is 12.2 Å². The van der Waals surface area contributed by atoms with E-state index in [-0.39, 0.29) is 41.1 Å². The van der Waals surface area contributed by atoms with Crippen LogP contribution in [0.15, 0.2) is 12.7 Å². The SMILES string of the molecule is C=C[C@]1(C)C[C@@H](OC(=O)NC(=O)O[C@H]2CC[C@H](N)CC2)[C@]2(C)C(C)CC[C@]3(CCC(=O)[C@H]32)[C@@H](C)[C@@H]1O. The molecule has 4 N–H and O–H groups in total. The fourth-order valence-electron chi connectivity index (χ4n) is 8.13. The highest BCUT2D eigenvalue weighted by atomic mass is 16.6. The fraction of sp³-hybridized carbons (Fsp3) is 0.821. The molecule has 8 atom stereocenters. The smallest absolute Gasteiger partial charge is 0.416 e. The number of hydrogen-bond donors (Lipinski definition) is 3. The molecular formula is C28H44N2O6. The van der Waals surface area contributed by atoms with E-state index in [0.29, 0.717) is 25.7 Å². The molecule has 1 unspecified atom stereocenters. The molecule has 4 aliphatic rings. The van der Waals surface area contributed by atoms with Gasteiger partial charge in [-0.3, -0.25) is 4.79 Å². The summed E-state index contributed by atoms with van der Waals surface area (Å²) in [5.41, 5.74) is 4.21. The number of amides is 2. The summed E-state index contributed by atoms with van der Waals surface area (Å²) in [6, 6.07) is 0.123. The van der Waals surface area contributed by atoms with Gasteiger partial charge in [-0.2, -0.15) is 0 Å². The van der Waals surface area contributed by atoms with Crippen LogP contribution in [0.1, 0.15) is 85.5 Å². The van der Waals surface area contributed by atoms with Gasteiger partial charge in [-0.05, 0) is 68.6 Å². The van der Waals surface area contributed by atoms with E-state index in [2.05, 4.69) is 32.7 Å². The lowest BCUT2D eigenvalue weighted by Gasteiger charge is -2.61. The molecule has 8 heteroatoms. The first-order valence-electron chi connectivity index (χ1n) is 13.7. The third kappa shape index (κ3) is 4.38. The number of aliphatic hydroxyl groups is 1. The molecule has 0 aliphatic heterocycles. The standard InChI is InChI=1S/C28H44N2O6/c1-6-26(4)15-21(36-25(34)30-24(33)35-19-9-7-18(29)8-10-19)27(5)16(2)11-13-28(17(3)23(26)32)14-12-20(31)22(27)28/h6,16-19,21-23,32H,1,7-15,29H2,2-5H3,(H,30,33,34)/t16?,17-,18-,19-,21+,22-,23-,26+,27-,28-/m0/s1. The molecule has 0 radical (unpaired) electrons. The zero-order valence-corrected chi connectivity index (χ0v) is 22.3. The summed E-state index contributed by atoms with van der Waals surface area (Å²) in [5, 5.41) is 13.8. The number of aliphatic hydroxyl groups excluding tert-OH is 1. The minimum absolute atomic E-state index is 0.0999. The van der Waals surface area contributed by atoms with Gasteiger partial charge in [0, 0.05) is 29.2 Å². The number of ketones is 1. The summed E-state index contributed by atoms with van der Waals surface area (Å²) in [7, 11) is 0. The van der Waals surface area contributed by atoms with Gasteiger partial charge in [-0.25, -0.2) is 14.9 Å². The van der Waals surface area contributed by atoms with E-state index in [0.717, 1.165) is 32.1 Å². The molecule has 8 nitrogen and oxygen atoms in total. The Morgan fingerprint density at radius 2 is 1.72 bits per heavy atom. The molecule has 4 fully saturated rings. The van der Waals surface area contributed by atoms with Crippen molar-refractivity contribution in [2.75, 3.05) is 0 Å². The lowest BCUT2D eigenvalue weighted by molar-refractivity contribution is -0.191. The molecule has 0 heterocycles. The average molecular weight is 505 g/mol. The molecule has 202 valence electrons. The monoisotopic (exact) mass is 504 g/mol. The van der Waals surface area contributed by atoms with Gasteiger partial charge in [0.25, 0.3) is 0 Å². The number of carbonyl (C=O) groups excluding carboxylic acids is 3. The maximum Gasteiger partial charge on any atom is 0.416 e. The molecule has 2 bridgehead atoms. The van der Waals surface area contributed by atoms with Crippen LogP contribution in [0.4, 0.5) is 9.59 Å². The Morgan fingerprint density at radius 3 is 2.36 bits per heavy atom. The van der Waals surface area contributed by atoms with Crippen molar-refractivity contribution in [1.82, 2.24) is 5.32 Å². The van der Waals surface area contributed by atoms with Crippen molar-refractivity contribution in [2.45, 2.75) is 110 Å². The Balaban J connectivity index is 1.59. The molecule has 0 aromatic rings. The van der Waals surface area contributed by atoms with Crippen LogP contribution < -0.4 is 11.1 Å². The number of alkyl carbamates (subject to hydrolysis) is 2. The van der Waals surface area contributed by atoms with Crippen molar-refractivity contribution < 1.29 is 29.0 Å². The number of nitrogens with one attached hydrogen (secondary N) is 1. The molecule has 4 saturated carbocycles. The van der Waals surface area contributed by atoms with Crippen LogP contribution in [-0.2, 0) is 14.3 Å². The van der Waals surface area contributed by atoms with Gasteiger partial charge in [-0.15, -0.1) is 6.58 Å². The van der Waals surface area contributed by atoms with Crippen molar-refractivity contribution in [2.24, 2.45) is 39.7 Å². The van der Waals surface area contributed by atoms with Crippen LogP contribution >= 0.6 is 0 Å². The van der Waals surface area contributed by atoms with Crippen molar-refractivity contribution >= 4 is 18.0 Å². The Morgan fingerprint density at radius 1 is 1.08 bits per heavy atom. The van der Waals surface area contributed by atoms with Crippen molar-refractivity contribution in [3.8, 4) is 0 Å². The minimum atomic E-state index is -0.887. The normalized spacial score (nSPS) is 46.6. The second kappa shape index (κ2) is 9.75. The van der Waals surface area contributed by atoms with Crippen LogP contribution in [0, 0.1) is 34.0 Å². The zero-order valence-electron chi connectivity index (χ0n) is 22.3. The first-order chi connectivity index (χ1) is 16.9. The Labute approximate surface area is 214 Å². The van der Waals surface area contributed by atoms with E-state index in [1.165, 1.54) is 0 Å². The summed E-state index contributed by atoms with van der Waals surface area (Å²) in [4.78, 5) is 38.9. The average Bonchev–Trinajstić information content (AvgIpc) is 3.19. The van der Waals surface area contributed by atoms with Crippen molar-refractivity contribution in [3.63, 3.8) is 0 Å². The van der Waals surface area contributed by atoms with Crippen LogP contribution in [-0.4, -0.2) is 47.4 Å². The van der Waals surface area contributed by atoms with E-state index >= 15 is 0 Å². The van der Waals surface area contributed by atoms with E-state index in [1.807, 2.05) is 6.92 Å². The number of hydrogen-bond acceptors (Lipinski definition) is 7. The second-order valence-corrected chi connectivity index (χ2v) is 12.5. The third-order valence-electron chi connectivity index (χ3n) is 10.7. The number of Topliss-reactive ketones (excluding diaryl/α,β-unsaturated/α-hetero) is 1. The molecule has 4 aliphatic carbocycles. The van der Waals surface area contributed by atoms with Gasteiger partial charge in [0.1, 0.15) is 18.0 Å². The van der Waals surface area contributed by atoms with Crippen molar-refractivity contribution in [3.05, 3.63) is 12.7 Å². The summed E-state index contributed by atoms with van der Waals surface area (Å²) < 4.78 is 11.4. The van der Waals surface area contributed by atoms with Gasteiger partial charge in [0.05, 0.1) is 6.10 Å². The van der Waals surface area contributed by atoms with Gasteiger partial charge in [0.2, 0.25) is 0 Å². The molecule has 36 heavy (non-hydrogen) atoms. The molecule has 4 rings (SSSR count). The first-order valence-corrected chi connectivity index (χ1v) is 13.7. The highest BCUT2D eigenvalue weighted by Gasteiger charge is 2.68. The summed E-state index contributed by atoms with van der Waals surface area (Å²) >= 11 is 0. The minimum Gasteiger partial charge on any atom is -0.446 e. The fourth-order valence-corrected chi connectivity index (χ4v) is 8.13. The third-order valence-corrected chi connectivity index (χ3v) is 10.7. The molecular weight excluding hydrogens is 460 g/mol. The lowest BCUT2D eigenvalue weighted by Crippen LogP contribution is -2.63. The number of rotatable bonds is 3. The maximum absolute atomic E-state index is 13.4. The van der Waals surface area contributed by atoms with Crippen LogP contribution in [0.2, 0.25) is 0 Å². The van der Waals surface area contributed by atoms with Gasteiger partial charge < -0.3 is 20.3 Å². The Kier molecular flexibility index (Phi) is 7.34. The molecule has 2 amide bonds. The topological polar surface area (TPSA) is 128 Å². The van der Waals surface area contributed by atoms with Gasteiger partial charge in [0.15, 0.2) is 0 Å². The summed E-state index contributed by atoms with van der Waals surface area (Å²) in [6.45, 7) is 12.2. The summed E-state index contributed by atoms with van der Waals surface area (Å²) in [6.07, 6.45) is 4.49. The molecule has 0 aromatic carbocycles. The highest BCUT2D eigenvalue weighted by Crippen LogP contribution is 2.67. The largest absolute Gasteiger partial charge is 0.446 e. The van der Waals surface area contributed by atoms with Crippen molar-refractivity contribution in [1.29, 1.82) is 0 Å². The predicted octanol–water partition coefficient (Wildman–Crippen LogP) is 4.48. The molecule has 0 aromatic heterocycles. The quantitative estimate of drug-likeness (QED) is 0.483. The first kappa shape index (κ1) is 27.1. The predicted molar refractivity (Wildman–Crippen MR) is 135 cm³/mol. The number of nitrogens with two attached hydrogens (primary N) is 1. The highest BCUT2D eigenvalue weighted by molar-refractivity contribution is 5.88. The van der Waals surface area contributed by atoms with E-state index < -0.39 is 35.2 Å². The van der Waals surface area contributed by atoms with E-state index in [9.17, 15) is 19.5 Å². The number of carbonyl (C=O) groups is 3. The molecule has 0 spiro atoms. The van der Waals surface area contributed by atoms with Crippen LogP contribution in [0.5, 0.6) is 0 Å². The molecule has 0 saturated heterocycles. The van der Waals surface area contributed by atoms with Crippen LogP contribution in [0.3, 0.4) is 0 Å². The van der Waals surface area contributed by atoms with E-state index in [1.54, 1.807) is 6.08 Å². The zero-order chi connectivity index (χ0) is 26.5. The summed E-state index contributed by atoms with van der Waals surface area (Å²) in [5.74, 6) is -0.110. The second-order valence-electron chi connectivity index (χ2n) is 12.5. The van der Waals surface area contributed by atoms with Gasteiger partial charge in [-0.1, -0.05) is 33.8 Å². The van der Waals surface area contributed by atoms with Crippen LogP contribution in [0.25, 0.3) is 0 Å². The Bertz CT molecular complexity index is 900. The number of ether oxygens (including phenoxy) is 2. The number of imide groups is 1. The van der Waals surface area contributed by atoms with E-state index in [4.69, 9.17) is 15.2 Å². The lowest BCUT2D eigenvalue weighted by atomic mass is 9.44. The Hall–Kier alpha value is -1.93. The maximum atomic E-state index is 13.4.